The molecule has 2 heterocycles. The fourth-order valence-corrected chi connectivity index (χ4v) is 4.17. The van der Waals surface area contributed by atoms with E-state index in [4.69, 9.17) is 13.6 Å². The molecule has 0 radical (unpaired) electrons. The van der Waals surface area contributed by atoms with Gasteiger partial charge in [-0.2, -0.15) is 0 Å². The monoisotopic (exact) mass is 536 g/mol. The first kappa shape index (κ1) is 26.6. The number of halogens is 1. The molecule has 5 rings (SSSR count). The van der Waals surface area contributed by atoms with Gasteiger partial charge in [-0.05, 0) is 47.4 Å². The normalized spacial score (nSPS) is 10.8. The molecule has 7 heteroatoms. The van der Waals surface area contributed by atoms with Crippen LogP contribution in [-0.4, -0.2) is 11.6 Å². The Hall–Kier alpha value is -5.04. The molecule has 3 aromatic carbocycles. The van der Waals surface area contributed by atoms with Crippen LogP contribution in [0.2, 0.25) is 0 Å². The lowest BCUT2D eigenvalue weighted by Gasteiger charge is -2.10. The fourth-order valence-electron chi connectivity index (χ4n) is 4.17. The van der Waals surface area contributed by atoms with Crippen molar-refractivity contribution in [1.29, 1.82) is 0 Å². The van der Waals surface area contributed by atoms with Crippen LogP contribution in [0.15, 0.2) is 117 Å². The molecule has 0 aliphatic heterocycles. The Labute approximate surface area is 229 Å². The van der Waals surface area contributed by atoms with Crippen LogP contribution in [0.1, 0.15) is 55.7 Å². The third-order valence-corrected chi connectivity index (χ3v) is 6.27. The van der Waals surface area contributed by atoms with Crippen molar-refractivity contribution in [2.75, 3.05) is 0 Å². The minimum Gasteiger partial charge on any atom is -0.481 e. The summed E-state index contributed by atoms with van der Waals surface area (Å²) in [6.07, 6.45) is 0.865. The average Bonchev–Trinajstić information content (AvgIpc) is 3.45. The lowest BCUT2D eigenvalue weighted by Crippen LogP contribution is -2.17. The first-order chi connectivity index (χ1) is 19.5. The van der Waals surface area contributed by atoms with Gasteiger partial charge in [0.15, 0.2) is 17.3 Å². The van der Waals surface area contributed by atoms with E-state index in [-0.39, 0.29) is 36.1 Å². The van der Waals surface area contributed by atoms with Crippen molar-refractivity contribution < 1.29 is 27.6 Å². The molecule has 0 atom stereocenters. The molecule has 0 fully saturated rings. The molecule has 0 aliphatic rings. The number of hydrogen-bond acceptors (Lipinski definition) is 6. The Morgan fingerprint density at radius 2 is 1.40 bits per heavy atom. The van der Waals surface area contributed by atoms with Crippen LogP contribution in [0.4, 0.5) is 4.39 Å². The van der Waals surface area contributed by atoms with Gasteiger partial charge in [-0.3, -0.25) is 14.4 Å². The first-order valence-corrected chi connectivity index (χ1v) is 12.8. The van der Waals surface area contributed by atoms with Gasteiger partial charge in [-0.15, -0.1) is 0 Å². The number of Topliss-reactive ketones (excluding diaryl/α,β-unsaturated/α-hetero) is 1. The number of furan rings is 1. The van der Waals surface area contributed by atoms with Crippen LogP contribution in [-0.2, 0) is 19.4 Å². The van der Waals surface area contributed by atoms with Crippen LogP contribution in [0.5, 0.6) is 5.75 Å². The van der Waals surface area contributed by atoms with Gasteiger partial charge < -0.3 is 13.6 Å². The van der Waals surface area contributed by atoms with E-state index in [1.165, 1.54) is 18.2 Å². The van der Waals surface area contributed by atoms with Crippen LogP contribution in [0.3, 0.4) is 0 Å². The highest BCUT2D eigenvalue weighted by atomic mass is 19.1. The minimum absolute atomic E-state index is 0.0150. The van der Waals surface area contributed by atoms with Crippen LogP contribution in [0, 0.1) is 5.82 Å². The zero-order chi connectivity index (χ0) is 27.9. The summed E-state index contributed by atoms with van der Waals surface area (Å²) in [7, 11) is 0. The van der Waals surface area contributed by atoms with Crippen molar-refractivity contribution >= 4 is 11.6 Å². The molecular weight excluding hydrogens is 511 g/mol. The number of carbonyl (C=O) groups excluding carboxylic acids is 2. The highest BCUT2D eigenvalue weighted by Gasteiger charge is 2.26. The molecule has 0 amide bonds. The van der Waals surface area contributed by atoms with Crippen molar-refractivity contribution in [2.45, 2.75) is 25.9 Å². The Kier molecular flexibility index (Phi) is 8.11. The molecule has 0 spiro atoms. The van der Waals surface area contributed by atoms with E-state index >= 15 is 0 Å². The summed E-state index contributed by atoms with van der Waals surface area (Å²) in [4.78, 5) is 39.6. The van der Waals surface area contributed by atoms with E-state index < -0.39 is 22.8 Å². The maximum absolute atomic E-state index is 13.5. The average molecular weight is 537 g/mol. The molecule has 200 valence electrons. The molecule has 40 heavy (non-hydrogen) atoms. The highest BCUT2D eigenvalue weighted by Crippen LogP contribution is 2.24. The molecule has 6 nitrogen and oxygen atoms in total. The maximum Gasteiger partial charge on any atom is 0.267 e. The van der Waals surface area contributed by atoms with E-state index in [0.717, 1.165) is 22.8 Å². The molecular formula is C33H25FO6. The SMILES string of the molecule is O=C(CCc1ccccc1)c1cc(=O)c(OCc2ccccc2)c(C(=O)c2ccc(Cc3ccc(F)cc3)o2)o1. The number of carbonyl (C=O) groups is 2. The molecule has 2 aromatic heterocycles. The summed E-state index contributed by atoms with van der Waals surface area (Å²) in [5.74, 6) is -2.06. The molecule has 0 unspecified atom stereocenters. The van der Waals surface area contributed by atoms with E-state index in [9.17, 15) is 18.8 Å². The summed E-state index contributed by atoms with van der Waals surface area (Å²) in [6.45, 7) is 0.0150. The predicted octanol–water partition coefficient (Wildman–Crippen LogP) is 6.59. The van der Waals surface area contributed by atoms with Gasteiger partial charge in [0.05, 0.1) is 0 Å². The highest BCUT2D eigenvalue weighted by molar-refractivity contribution is 6.07. The van der Waals surface area contributed by atoms with Crippen molar-refractivity contribution in [3.8, 4) is 5.75 Å². The third-order valence-electron chi connectivity index (χ3n) is 6.27. The second kappa shape index (κ2) is 12.2. The van der Waals surface area contributed by atoms with E-state index in [1.807, 2.05) is 60.7 Å². The standard InChI is InChI=1S/C33H25FO6/c34-25-14-11-23(12-15-25)19-26-16-18-29(39-26)31(37)33-32(38-21-24-9-5-2-6-10-24)28(36)20-30(40-33)27(35)17-13-22-7-3-1-4-8-22/h1-12,14-16,18,20H,13,17,19,21H2. The largest absolute Gasteiger partial charge is 0.481 e. The number of ketones is 2. The van der Waals surface area contributed by atoms with Gasteiger partial charge in [-0.25, -0.2) is 4.39 Å². The summed E-state index contributed by atoms with van der Waals surface area (Å²) >= 11 is 0. The van der Waals surface area contributed by atoms with Crippen molar-refractivity contribution in [2.24, 2.45) is 0 Å². The number of hydrogen-bond donors (Lipinski definition) is 0. The second-order valence-electron chi connectivity index (χ2n) is 9.21. The Morgan fingerprint density at radius 3 is 2.10 bits per heavy atom. The first-order valence-electron chi connectivity index (χ1n) is 12.8. The Balaban J connectivity index is 1.43. The molecule has 0 aliphatic carbocycles. The molecule has 0 bridgehead atoms. The number of ether oxygens (including phenoxy) is 1. The van der Waals surface area contributed by atoms with Crippen molar-refractivity contribution in [3.05, 3.63) is 159 Å². The van der Waals surface area contributed by atoms with Crippen LogP contribution in [0.25, 0.3) is 0 Å². The zero-order valence-corrected chi connectivity index (χ0v) is 21.5. The van der Waals surface area contributed by atoms with Crippen LogP contribution < -0.4 is 10.2 Å². The summed E-state index contributed by atoms with van der Waals surface area (Å²) in [6, 6.07) is 28.7. The van der Waals surface area contributed by atoms with Gasteiger partial charge in [0, 0.05) is 18.9 Å². The molecule has 0 N–H and O–H groups in total. The van der Waals surface area contributed by atoms with Gasteiger partial charge >= 0.3 is 0 Å². The zero-order valence-electron chi connectivity index (χ0n) is 21.5. The van der Waals surface area contributed by atoms with E-state index in [0.29, 0.717) is 18.6 Å². The lowest BCUT2D eigenvalue weighted by atomic mass is 10.1. The lowest BCUT2D eigenvalue weighted by molar-refractivity contribution is 0.0929. The number of rotatable bonds is 11. The smallest absolute Gasteiger partial charge is 0.267 e. The second-order valence-corrected chi connectivity index (χ2v) is 9.21. The minimum atomic E-state index is -0.733. The molecule has 0 saturated carbocycles. The maximum atomic E-state index is 13.5. The van der Waals surface area contributed by atoms with Gasteiger partial charge in [-0.1, -0.05) is 72.8 Å². The predicted molar refractivity (Wildman–Crippen MR) is 146 cm³/mol. The van der Waals surface area contributed by atoms with E-state index in [1.54, 1.807) is 18.2 Å². The topological polar surface area (TPSA) is 86.7 Å². The summed E-state index contributed by atoms with van der Waals surface area (Å²) in [5, 5.41) is 0. The fraction of sp³-hybridized carbons (Fsp3) is 0.121. The van der Waals surface area contributed by atoms with Crippen molar-refractivity contribution in [1.82, 2.24) is 0 Å². The van der Waals surface area contributed by atoms with Gasteiger partial charge in [0.2, 0.25) is 16.9 Å². The Morgan fingerprint density at radius 1 is 0.725 bits per heavy atom. The van der Waals surface area contributed by atoms with Gasteiger partial charge in [0.25, 0.3) is 5.78 Å². The summed E-state index contributed by atoms with van der Waals surface area (Å²) < 4.78 is 30.5. The van der Waals surface area contributed by atoms with Gasteiger partial charge in [0.1, 0.15) is 18.2 Å². The molecule has 0 saturated heterocycles. The van der Waals surface area contributed by atoms with Crippen LogP contribution >= 0.6 is 0 Å². The number of benzene rings is 3. The summed E-state index contributed by atoms with van der Waals surface area (Å²) in [5.41, 5.74) is 1.88. The third kappa shape index (κ3) is 6.50. The quantitative estimate of drug-likeness (QED) is 0.177. The number of aryl methyl sites for hydroxylation is 1. The van der Waals surface area contributed by atoms with Crippen molar-refractivity contribution in [3.63, 3.8) is 0 Å². The Bertz CT molecular complexity index is 1670. The van der Waals surface area contributed by atoms with E-state index in [2.05, 4.69) is 0 Å². The molecule has 5 aromatic rings.